The highest BCUT2D eigenvalue weighted by Gasteiger charge is 2.10. The van der Waals surface area contributed by atoms with Gasteiger partial charge in [-0.25, -0.2) is 0 Å². The number of pyridine rings is 1. The van der Waals surface area contributed by atoms with Gasteiger partial charge in [-0.2, -0.15) is 4.99 Å². The van der Waals surface area contributed by atoms with E-state index < -0.39 is 0 Å². The Bertz CT molecular complexity index is 1190. The summed E-state index contributed by atoms with van der Waals surface area (Å²) in [6.45, 7) is 2.67. The first-order chi connectivity index (χ1) is 14.7. The molecular formula is C24H22N4O2. The Morgan fingerprint density at radius 2 is 1.73 bits per heavy atom. The van der Waals surface area contributed by atoms with Crippen molar-refractivity contribution in [3.05, 3.63) is 101 Å². The van der Waals surface area contributed by atoms with Gasteiger partial charge in [0.05, 0.1) is 0 Å². The zero-order chi connectivity index (χ0) is 20.8. The summed E-state index contributed by atoms with van der Waals surface area (Å²) >= 11 is 0. The number of nitrogens with zero attached hydrogens (tertiary/aromatic N) is 4. The Morgan fingerprint density at radius 3 is 2.53 bits per heavy atom. The Labute approximate surface area is 174 Å². The van der Waals surface area contributed by atoms with Crippen molar-refractivity contribution >= 4 is 5.91 Å². The quantitative estimate of drug-likeness (QED) is 0.493. The van der Waals surface area contributed by atoms with E-state index in [-0.39, 0.29) is 12.3 Å². The largest absolute Gasteiger partial charge is 0.421 e. The van der Waals surface area contributed by atoms with E-state index in [1.54, 1.807) is 0 Å². The van der Waals surface area contributed by atoms with Crippen molar-refractivity contribution in [1.82, 2.24) is 14.8 Å². The number of aromatic nitrogens is 3. The highest BCUT2D eigenvalue weighted by atomic mass is 16.4. The van der Waals surface area contributed by atoms with Gasteiger partial charge < -0.3 is 8.98 Å². The van der Waals surface area contributed by atoms with Gasteiger partial charge in [0.15, 0.2) is 0 Å². The lowest BCUT2D eigenvalue weighted by Gasteiger charge is -2.07. The second kappa shape index (κ2) is 9.13. The number of amides is 1. The van der Waals surface area contributed by atoms with Crippen LogP contribution in [0, 0.1) is 6.92 Å². The van der Waals surface area contributed by atoms with Crippen LogP contribution < -0.4 is 5.49 Å². The minimum Gasteiger partial charge on any atom is -0.421 e. The molecular weight excluding hydrogens is 376 g/mol. The lowest BCUT2D eigenvalue weighted by atomic mass is 10.1. The molecule has 4 rings (SSSR count). The van der Waals surface area contributed by atoms with E-state index in [2.05, 4.69) is 15.2 Å². The van der Waals surface area contributed by atoms with E-state index in [1.165, 1.54) is 0 Å². The average Bonchev–Trinajstić information content (AvgIpc) is 3.24. The van der Waals surface area contributed by atoms with Crippen LogP contribution >= 0.6 is 0 Å². The van der Waals surface area contributed by atoms with Gasteiger partial charge in [-0.3, -0.25) is 4.79 Å². The zero-order valence-electron chi connectivity index (χ0n) is 16.7. The smallest absolute Gasteiger partial charge is 0.248 e. The molecule has 0 aliphatic rings. The molecule has 0 unspecified atom stereocenters. The van der Waals surface area contributed by atoms with Crippen LogP contribution in [-0.4, -0.2) is 20.7 Å². The topological polar surface area (TPSA) is 73.3 Å². The van der Waals surface area contributed by atoms with Crippen molar-refractivity contribution in [2.24, 2.45) is 4.99 Å². The lowest BCUT2D eigenvalue weighted by molar-refractivity contribution is -0.118. The second-order valence-electron chi connectivity index (χ2n) is 7.04. The second-order valence-corrected chi connectivity index (χ2v) is 7.04. The molecule has 0 radical (unpaired) electrons. The van der Waals surface area contributed by atoms with E-state index in [9.17, 15) is 4.79 Å². The molecule has 0 aliphatic heterocycles. The summed E-state index contributed by atoms with van der Waals surface area (Å²) in [6.07, 6.45) is 2.48. The molecule has 4 aromatic rings. The van der Waals surface area contributed by atoms with Crippen molar-refractivity contribution in [1.29, 1.82) is 0 Å². The lowest BCUT2D eigenvalue weighted by Crippen LogP contribution is -2.22. The summed E-state index contributed by atoms with van der Waals surface area (Å²) in [5.41, 5.74) is 3.79. The van der Waals surface area contributed by atoms with Gasteiger partial charge in [0.2, 0.25) is 17.7 Å². The summed E-state index contributed by atoms with van der Waals surface area (Å²) < 4.78 is 7.65. The minimum absolute atomic E-state index is 0.204. The first-order valence-electron chi connectivity index (χ1n) is 9.84. The fraction of sp³-hybridized carbons (Fsp3) is 0.167. The molecule has 1 amide bonds. The fourth-order valence-corrected chi connectivity index (χ4v) is 3.05. The number of hydrogen-bond acceptors (Lipinski definition) is 4. The van der Waals surface area contributed by atoms with Crippen LogP contribution in [0.4, 0.5) is 0 Å². The summed E-state index contributed by atoms with van der Waals surface area (Å²) in [7, 11) is 0. The number of carbonyl (C=O) groups excluding carboxylic acids is 1. The Kier molecular flexibility index (Phi) is 5.94. The molecule has 0 aliphatic carbocycles. The Morgan fingerprint density at radius 1 is 0.967 bits per heavy atom. The number of carbonyl (C=O) groups is 1. The Hall–Kier alpha value is -3.80. The van der Waals surface area contributed by atoms with Gasteiger partial charge in [0, 0.05) is 31.1 Å². The van der Waals surface area contributed by atoms with Crippen LogP contribution in [0.3, 0.4) is 0 Å². The summed E-state index contributed by atoms with van der Waals surface area (Å²) in [6, 6.07) is 23.6. The summed E-state index contributed by atoms with van der Waals surface area (Å²) in [4.78, 5) is 16.7. The van der Waals surface area contributed by atoms with Gasteiger partial charge in [0.1, 0.15) is 5.49 Å². The van der Waals surface area contributed by atoms with Gasteiger partial charge in [-0.05, 0) is 36.8 Å². The predicted molar refractivity (Wildman–Crippen MR) is 113 cm³/mol. The third-order valence-corrected chi connectivity index (χ3v) is 4.67. The maximum Gasteiger partial charge on any atom is 0.248 e. The van der Waals surface area contributed by atoms with E-state index >= 15 is 0 Å². The highest BCUT2D eigenvalue weighted by molar-refractivity contribution is 5.76. The molecule has 2 heterocycles. The normalized spacial score (nSPS) is 11.6. The van der Waals surface area contributed by atoms with E-state index in [0.717, 1.165) is 16.7 Å². The van der Waals surface area contributed by atoms with E-state index in [0.29, 0.717) is 30.2 Å². The molecule has 2 aromatic heterocycles. The van der Waals surface area contributed by atoms with Crippen molar-refractivity contribution in [2.45, 2.75) is 26.3 Å². The van der Waals surface area contributed by atoms with Crippen molar-refractivity contribution in [3.63, 3.8) is 0 Å². The SMILES string of the molecule is Cc1ccc(-c2nnc(CCC(=O)N=c3ccccn3Cc3ccccc3)o2)cc1. The van der Waals surface area contributed by atoms with Gasteiger partial charge in [0.25, 0.3) is 0 Å². The fourth-order valence-electron chi connectivity index (χ4n) is 3.05. The standard InChI is InChI=1S/C24H22N4O2/c1-18-10-12-20(13-11-18)24-27-26-23(30-24)15-14-22(29)25-21-9-5-6-16-28(21)17-19-7-3-2-4-8-19/h2-13,16H,14-15,17H2,1H3. The monoisotopic (exact) mass is 398 g/mol. The van der Waals surface area contributed by atoms with Crippen molar-refractivity contribution in [2.75, 3.05) is 0 Å². The third kappa shape index (κ3) is 4.97. The van der Waals surface area contributed by atoms with Crippen LogP contribution in [0.1, 0.15) is 23.4 Å². The highest BCUT2D eigenvalue weighted by Crippen LogP contribution is 2.18. The molecule has 0 spiro atoms. The zero-order valence-corrected chi connectivity index (χ0v) is 16.7. The molecule has 6 nitrogen and oxygen atoms in total. The van der Waals surface area contributed by atoms with Crippen LogP contribution in [-0.2, 0) is 17.8 Å². The van der Waals surface area contributed by atoms with E-state index in [4.69, 9.17) is 4.42 Å². The molecule has 6 heteroatoms. The number of rotatable bonds is 6. The molecule has 0 fully saturated rings. The first kappa shape index (κ1) is 19.5. The maximum atomic E-state index is 12.4. The summed E-state index contributed by atoms with van der Waals surface area (Å²) in [5.74, 6) is 0.663. The molecule has 0 saturated carbocycles. The van der Waals surface area contributed by atoms with Crippen molar-refractivity contribution in [3.8, 4) is 11.5 Å². The number of benzene rings is 2. The maximum absolute atomic E-state index is 12.4. The molecule has 150 valence electrons. The molecule has 30 heavy (non-hydrogen) atoms. The van der Waals surface area contributed by atoms with Crippen molar-refractivity contribution < 1.29 is 9.21 Å². The molecule has 0 bridgehead atoms. The summed E-state index contributed by atoms with van der Waals surface area (Å²) in [5, 5.41) is 8.13. The first-order valence-corrected chi connectivity index (χ1v) is 9.84. The number of aryl methyl sites for hydroxylation is 2. The molecule has 0 N–H and O–H groups in total. The molecule has 0 atom stereocenters. The molecule has 0 saturated heterocycles. The van der Waals surface area contributed by atoms with Crippen LogP contribution in [0.5, 0.6) is 0 Å². The average molecular weight is 398 g/mol. The van der Waals surface area contributed by atoms with E-state index in [1.807, 2.05) is 90.5 Å². The van der Waals surface area contributed by atoms with Gasteiger partial charge in [-0.1, -0.05) is 54.1 Å². The van der Waals surface area contributed by atoms with Gasteiger partial charge >= 0.3 is 0 Å². The predicted octanol–water partition coefficient (Wildman–Crippen LogP) is 3.95. The minimum atomic E-state index is -0.224. The number of hydrogen-bond donors (Lipinski definition) is 0. The van der Waals surface area contributed by atoms with Crippen LogP contribution in [0.2, 0.25) is 0 Å². The molecule has 2 aromatic carbocycles. The van der Waals surface area contributed by atoms with Crippen LogP contribution in [0.25, 0.3) is 11.5 Å². The van der Waals surface area contributed by atoms with Gasteiger partial charge in [-0.15, -0.1) is 10.2 Å². The van der Waals surface area contributed by atoms with Crippen LogP contribution in [0.15, 0.2) is 88.4 Å². The Balaban J connectivity index is 1.43. The third-order valence-electron chi connectivity index (χ3n) is 4.67.